The van der Waals surface area contributed by atoms with E-state index in [2.05, 4.69) is 46.9 Å². The minimum absolute atomic E-state index is 0.0199. The van der Waals surface area contributed by atoms with Gasteiger partial charge in [-0.05, 0) is 46.5 Å². The van der Waals surface area contributed by atoms with Crippen LogP contribution >= 0.6 is 0 Å². The number of esters is 1. The number of fused-ring (bicyclic) bond motifs is 1. The predicted molar refractivity (Wildman–Crippen MR) is 200 cm³/mol. The standard InChI is InChI=1S/C39H49N3O9Si/c1-25(2)52(26(3)4,27(5)6)51-24-34(43)41-21-29(40-38(46)37(45)36-32(48-7)19-14-20-33(36)49-8)39(47)42(31-18-13-12-17-30(31)41)22-35(44)50-23-28-15-10-9-11-16-28/h9-20,25-27,29H,21-24H2,1-8H3,(H,40,46)/t29-/m0/s1. The van der Waals surface area contributed by atoms with Crippen molar-refractivity contribution in [3.8, 4) is 11.5 Å². The van der Waals surface area contributed by atoms with Gasteiger partial charge in [-0.2, -0.15) is 0 Å². The van der Waals surface area contributed by atoms with Crippen LogP contribution < -0.4 is 24.6 Å². The van der Waals surface area contributed by atoms with E-state index in [4.69, 9.17) is 18.6 Å². The number of ketones is 1. The highest BCUT2D eigenvalue weighted by molar-refractivity contribution is 6.77. The molecule has 3 amide bonds. The molecule has 0 spiro atoms. The summed E-state index contributed by atoms with van der Waals surface area (Å²) in [4.78, 5) is 71.7. The van der Waals surface area contributed by atoms with Gasteiger partial charge >= 0.3 is 5.97 Å². The van der Waals surface area contributed by atoms with Crippen LogP contribution in [-0.2, 0) is 34.9 Å². The van der Waals surface area contributed by atoms with Crippen LogP contribution in [0.25, 0.3) is 0 Å². The lowest BCUT2D eigenvalue weighted by molar-refractivity contribution is -0.144. The Morgan fingerprint density at radius 2 is 1.35 bits per heavy atom. The number of benzene rings is 3. The molecule has 0 saturated carbocycles. The highest BCUT2D eigenvalue weighted by Gasteiger charge is 2.46. The first-order chi connectivity index (χ1) is 24.8. The van der Waals surface area contributed by atoms with Gasteiger partial charge in [0.25, 0.3) is 23.5 Å². The van der Waals surface area contributed by atoms with E-state index in [0.29, 0.717) is 5.69 Å². The molecule has 0 aromatic heterocycles. The van der Waals surface area contributed by atoms with Crippen LogP contribution in [0.15, 0.2) is 72.8 Å². The van der Waals surface area contributed by atoms with Gasteiger partial charge in [0.1, 0.15) is 42.9 Å². The Balaban J connectivity index is 1.72. The molecule has 3 aromatic rings. The number of nitrogens with one attached hydrogen (secondary N) is 1. The number of anilines is 2. The van der Waals surface area contributed by atoms with E-state index in [1.54, 1.807) is 42.5 Å². The van der Waals surface area contributed by atoms with E-state index >= 15 is 0 Å². The lowest BCUT2D eigenvalue weighted by Gasteiger charge is -2.42. The van der Waals surface area contributed by atoms with Crippen molar-refractivity contribution in [1.29, 1.82) is 0 Å². The molecule has 0 radical (unpaired) electrons. The Hall–Kier alpha value is -5.01. The molecule has 0 bridgehead atoms. The molecule has 12 nitrogen and oxygen atoms in total. The molecule has 278 valence electrons. The Morgan fingerprint density at radius 1 is 0.788 bits per heavy atom. The quantitative estimate of drug-likeness (QED) is 0.0904. The van der Waals surface area contributed by atoms with E-state index in [0.717, 1.165) is 5.56 Å². The van der Waals surface area contributed by atoms with Gasteiger partial charge in [-0.1, -0.05) is 90.1 Å². The number of carbonyl (C=O) groups is 5. The first-order valence-electron chi connectivity index (χ1n) is 17.4. The first kappa shape index (κ1) is 39.8. The average molecular weight is 732 g/mol. The van der Waals surface area contributed by atoms with Crippen LogP contribution in [0.5, 0.6) is 11.5 Å². The first-order valence-corrected chi connectivity index (χ1v) is 19.5. The Bertz CT molecular complexity index is 1720. The predicted octanol–water partition coefficient (Wildman–Crippen LogP) is 5.69. The molecule has 1 heterocycles. The Morgan fingerprint density at radius 3 is 1.90 bits per heavy atom. The van der Waals surface area contributed by atoms with Crippen LogP contribution in [0.4, 0.5) is 11.4 Å². The summed E-state index contributed by atoms with van der Waals surface area (Å²) in [5.41, 5.74) is 1.85. The summed E-state index contributed by atoms with van der Waals surface area (Å²) in [6.45, 7) is 11.6. The van der Waals surface area contributed by atoms with E-state index < -0.39 is 50.4 Å². The molecular formula is C39H49N3O9Si. The average Bonchev–Trinajstić information content (AvgIpc) is 3.24. The number of methoxy groups -OCH3 is 2. The third kappa shape index (κ3) is 8.53. The van der Waals surface area contributed by atoms with Crippen molar-refractivity contribution in [3.05, 3.63) is 83.9 Å². The molecule has 1 atom stereocenters. The van der Waals surface area contributed by atoms with Crippen molar-refractivity contribution in [2.24, 2.45) is 0 Å². The molecule has 1 aliphatic rings. The number of para-hydroxylation sites is 2. The molecule has 13 heteroatoms. The fourth-order valence-electron chi connectivity index (χ4n) is 7.18. The maximum absolute atomic E-state index is 14.4. The Labute approximate surface area is 306 Å². The summed E-state index contributed by atoms with van der Waals surface area (Å²) < 4.78 is 22.8. The van der Waals surface area contributed by atoms with E-state index in [1.807, 2.05) is 18.2 Å². The molecule has 0 unspecified atom stereocenters. The molecule has 1 N–H and O–H groups in total. The van der Waals surface area contributed by atoms with Crippen molar-refractivity contribution in [2.45, 2.75) is 70.8 Å². The molecule has 0 saturated heterocycles. The van der Waals surface area contributed by atoms with Gasteiger partial charge in [0.2, 0.25) is 8.32 Å². The molecule has 4 rings (SSSR count). The zero-order chi connectivity index (χ0) is 38.2. The number of ether oxygens (including phenoxy) is 3. The van der Waals surface area contributed by atoms with Gasteiger partial charge in [0.15, 0.2) is 0 Å². The number of rotatable bonds is 15. The second-order valence-electron chi connectivity index (χ2n) is 13.6. The lowest BCUT2D eigenvalue weighted by Crippen LogP contribution is -2.55. The molecule has 3 aromatic carbocycles. The second-order valence-corrected chi connectivity index (χ2v) is 19.0. The van der Waals surface area contributed by atoms with E-state index in [-0.39, 0.29) is 59.1 Å². The summed E-state index contributed by atoms with van der Waals surface area (Å²) in [6, 6.07) is 18.9. The summed E-state index contributed by atoms with van der Waals surface area (Å²) in [5.74, 6) is -3.81. The SMILES string of the molecule is COc1cccc(OC)c1C(=O)C(=O)N[C@H]1CN(C(=O)CO[Si](C(C)C)(C(C)C)C(C)C)c2ccccc2N(CC(=O)OCc2ccccc2)C1=O. The second kappa shape index (κ2) is 17.5. The normalized spacial score (nSPS) is 14.6. The number of carbonyl (C=O) groups excluding carboxylic acids is 5. The third-order valence-electron chi connectivity index (χ3n) is 9.54. The summed E-state index contributed by atoms with van der Waals surface area (Å²) in [6.07, 6.45) is 0. The van der Waals surface area contributed by atoms with Crippen molar-refractivity contribution in [3.63, 3.8) is 0 Å². The van der Waals surface area contributed by atoms with Crippen LogP contribution in [-0.4, -0.2) is 77.7 Å². The monoisotopic (exact) mass is 731 g/mol. The zero-order valence-corrected chi connectivity index (χ0v) is 32.1. The number of hydrogen-bond acceptors (Lipinski definition) is 9. The van der Waals surface area contributed by atoms with Crippen molar-refractivity contribution < 1.29 is 42.6 Å². The number of nitrogens with zero attached hydrogens (tertiary/aromatic N) is 2. The fraction of sp³-hybridized carbons (Fsp3) is 0.410. The smallest absolute Gasteiger partial charge is 0.326 e. The zero-order valence-electron chi connectivity index (χ0n) is 31.1. The molecule has 1 aliphatic heterocycles. The van der Waals surface area contributed by atoms with Crippen molar-refractivity contribution in [2.75, 3.05) is 43.7 Å². The number of Topliss-reactive ketones (excluding diaryl/α,β-unsaturated/α-hetero) is 1. The van der Waals surface area contributed by atoms with Gasteiger partial charge in [-0.15, -0.1) is 0 Å². The van der Waals surface area contributed by atoms with Gasteiger partial charge in [-0.3, -0.25) is 28.9 Å². The van der Waals surface area contributed by atoms with E-state index in [9.17, 15) is 24.0 Å². The maximum atomic E-state index is 14.4. The van der Waals surface area contributed by atoms with Gasteiger partial charge in [0.05, 0.1) is 32.1 Å². The van der Waals surface area contributed by atoms with Crippen LogP contribution in [0.1, 0.15) is 57.5 Å². The minimum Gasteiger partial charge on any atom is -0.496 e. The molecule has 0 fully saturated rings. The maximum Gasteiger partial charge on any atom is 0.326 e. The summed E-state index contributed by atoms with van der Waals surface area (Å²) in [7, 11) is 0.223. The van der Waals surface area contributed by atoms with Crippen LogP contribution in [0.3, 0.4) is 0 Å². The lowest BCUT2D eigenvalue weighted by atomic mass is 10.1. The summed E-state index contributed by atoms with van der Waals surface area (Å²) >= 11 is 0. The van der Waals surface area contributed by atoms with Crippen molar-refractivity contribution >= 4 is 49.2 Å². The third-order valence-corrected chi connectivity index (χ3v) is 15.6. The number of amides is 3. The van der Waals surface area contributed by atoms with Crippen LogP contribution in [0, 0.1) is 0 Å². The highest BCUT2D eigenvalue weighted by Crippen LogP contribution is 2.42. The summed E-state index contributed by atoms with van der Waals surface area (Å²) in [5, 5.41) is 2.55. The van der Waals surface area contributed by atoms with Crippen molar-refractivity contribution in [1.82, 2.24) is 5.32 Å². The van der Waals surface area contributed by atoms with Gasteiger partial charge in [-0.25, -0.2) is 0 Å². The highest BCUT2D eigenvalue weighted by atomic mass is 28.4. The fourth-order valence-corrected chi connectivity index (χ4v) is 12.6. The molecule has 52 heavy (non-hydrogen) atoms. The largest absolute Gasteiger partial charge is 0.496 e. The molecule has 0 aliphatic carbocycles. The Kier molecular flexibility index (Phi) is 13.4. The van der Waals surface area contributed by atoms with Gasteiger partial charge in [0, 0.05) is 0 Å². The van der Waals surface area contributed by atoms with E-state index in [1.165, 1.54) is 36.2 Å². The molecular weight excluding hydrogens is 683 g/mol. The van der Waals surface area contributed by atoms with Gasteiger partial charge < -0.3 is 28.9 Å². The minimum atomic E-state index is -2.48. The topological polar surface area (TPSA) is 141 Å². The van der Waals surface area contributed by atoms with Crippen LogP contribution in [0.2, 0.25) is 16.6 Å². The number of hydrogen-bond donors (Lipinski definition) is 1.